The number of nitrogens with one attached hydrogen (secondary N) is 1. The number of nitrogens with zero attached hydrogens (tertiary/aromatic N) is 1. The predicted octanol–water partition coefficient (Wildman–Crippen LogP) is 4.10. The third-order valence-corrected chi connectivity index (χ3v) is 4.50. The molecule has 0 bridgehead atoms. The van der Waals surface area contributed by atoms with Crippen LogP contribution in [0.15, 0.2) is 73.1 Å². The number of aromatic nitrogens is 1. The zero-order chi connectivity index (χ0) is 18.4. The molecule has 0 radical (unpaired) electrons. The number of carbonyl (C=O) groups is 1. The van der Waals surface area contributed by atoms with Gasteiger partial charge < -0.3 is 14.6 Å². The number of ether oxygens (including phenoxy) is 1. The number of benzene rings is 2. The summed E-state index contributed by atoms with van der Waals surface area (Å²) < 4.78 is 7.42. The lowest BCUT2D eigenvalue weighted by molar-refractivity contribution is -0.121. The summed E-state index contributed by atoms with van der Waals surface area (Å²) in [4.78, 5) is 12.6. The Morgan fingerprint density at radius 2 is 1.73 bits per heavy atom. The Hall–Kier alpha value is -3.01. The highest BCUT2D eigenvalue weighted by molar-refractivity contribution is 5.77. The fourth-order valence-electron chi connectivity index (χ4n) is 3.03. The summed E-state index contributed by atoms with van der Waals surface area (Å²) >= 11 is 0. The Balaban J connectivity index is 1.70. The molecule has 0 spiro atoms. The van der Waals surface area contributed by atoms with Gasteiger partial charge in [0.2, 0.25) is 5.91 Å². The standard InChI is InChI=1S/C22H24N2O2/c1-17-9-11-18(12-10-17)20(24-13-5-6-14-24)15-22(25)23-16-19-7-3-4-8-21(19)26-2/h3-14,20H,15-16H2,1-2H3,(H,23,25)/t20-/m0/s1. The molecule has 0 saturated heterocycles. The van der Waals surface area contributed by atoms with Gasteiger partial charge in [0.25, 0.3) is 0 Å². The van der Waals surface area contributed by atoms with E-state index < -0.39 is 0 Å². The van der Waals surface area contributed by atoms with E-state index in [0.29, 0.717) is 13.0 Å². The minimum Gasteiger partial charge on any atom is -0.496 e. The summed E-state index contributed by atoms with van der Waals surface area (Å²) in [6.45, 7) is 2.52. The normalized spacial score (nSPS) is 11.8. The van der Waals surface area contributed by atoms with E-state index in [2.05, 4.69) is 41.1 Å². The van der Waals surface area contributed by atoms with Gasteiger partial charge in [-0.1, -0.05) is 48.0 Å². The summed E-state index contributed by atoms with van der Waals surface area (Å²) in [6.07, 6.45) is 4.38. The lowest BCUT2D eigenvalue weighted by atomic mass is 10.0. The minimum atomic E-state index is -0.0248. The van der Waals surface area contributed by atoms with Crippen LogP contribution < -0.4 is 10.1 Å². The number of hydrogen-bond acceptors (Lipinski definition) is 2. The van der Waals surface area contributed by atoms with Crippen molar-refractivity contribution in [3.8, 4) is 5.75 Å². The molecule has 3 rings (SSSR count). The van der Waals surface area contributed by atoms with Gasteiger partial charge in [0.1, 0.15) is 5.75 Å². The van der Waals surface area contributed by atoms with Crippen LogP contribution in [0.4, 0.5) is 0 Å². The topological polar surface area (TPSA) is 43.3 Å². The first-order chi connectivity index (χ1) is 12.7. The first kappa shape index (κ1) is 17.8. The number of aryl methyl sites for hydroxylation is 1. The summed E-state index contributed by atoms with van der Waals surface area (Å²) in [5.74, 6) is 0.795. The van der Waals surface area contributed by atoms with E-state index >= 15 is 0 Å². The molecule has 3 aromatic rings. The molecule has 0 aliphatic heterocycles. The van der Waals surface area contributed by atoms with Gasteiger partial charge in [-0.3, -0.25) is 4.79 Å². The van der Waals surface area contributed by atoms with Gasteiger partial charge in [0, 0.05) is 24.5 Å². The highest BCUT2D eigenvalue weighted by Crippen LogP contribution is 2.23. The molecule has 0 fully saturated rings. The van der Waals surface area contributed by atoms with E-state index in [-0.39, 0.29) is 11.9 Å². The molecule has 2 aromatic carbocycles. The average molecular weight is 348 g/mol. The number of methoxy groups -OCH3 is 1. The van der Waals surface area contributed by atoms with E-state index in [1.165, 1.54) is 5.56 Å². The van der Waals surface area contributed by atoms with Crippen molar-refractivity contribution in [3.05, 3.63) is 89.7 Å². The third kappa shape index (κ3) is 4.33. The van der Waals surface area contributed by atoms with Crippen molar-refractivity contribution in [1.82, 2.24) is 9.88 Å². The number of amides is 1. The molecule has 0 aliphatic rings. The fourth-order valence-corrected chi connectivity index (χ4v) is 3.03. The van der Waals surface area contributed by atoms with Crippen LogP contribution in [0.5, 0.6) is 5.75 Å². The van der Waals surface area contributed by atoms with Gasteiger partial charge >= 0.3 is 0 Å². The molecule has 0 saturated carbocycles. The number of hydrogen-bond donors (Lipinski definition) is 1. The van der Waals surface area contributed by atoms with Gasteiger partial charge in [0.05, 0.1) is 19.6 Å². The average Bonchev–Trinajstić information content (AvgIpc) is 3.20. The van der Waals surface area contributed by atoms with Crippen LogP contribution in [0.25, 0.3) is 0 Å². The van der Waals surface area contributed by atoms with Crippen molar-refractivity contribution in [2.24, 2.45) is 0 Å². The van der Waals surface area contributed by atoms with E-state index in [9.17, 15) is 4.79 Å². The zero-order valence-electron chi connectivity index (χ0n) is 15.2. The molecule has 4 nitrogen and oxygen atoms in total. The zero-order valence-corrected chi connectivity index (χ0v) is 15.2. The third-order valence-electron chi connectivity index (χ3n) is 4.50. The first-order valence-corrected chi connectivity index (χ1v) is 8.75. The summed E-state index contributed by atoms with van der Waals surface area (Å²) in [5, 5.41) is 3.01. The van der Waals surface area contributed by atoms with Crippen molar-refractivity contribution in [2.75, 3.05) is 7.11 Å². The Bertz CT molecular complexity index is 839. The first-order valence-electron chi connectivity index (χ1n) is 8.75. The highest BCUT2D eigenvalue weighted by Gasteiger charge is 2.17. The van der Waals surface area contributed by atoms with E-state index in [4.69, 9.17) is 4.74 Å². The maximum absolute atomic E-state index is 12.6. The molecule has 1 N–H and O–H groups in total. The number of carbonyl (C=O) groups excluding carboxylic acids is 1. The van der Waals surface area contributed by atoms with Crippen molar-refractivity contribution < 1.29 is 9.53 Å². The molecule has 0 aliphatic carbocycles. The molecule has 1 aromatic heterocycles. The highest BCUT2D eigenvalue weighted by atomic mass is 16.5. The molecule has 1 amide bonds. The SMILES string of the molecule is COc1ccccc1CNC(=O)C[C@@H](c1ccc(C)cc1)n1cccc1. The van der Waals surface area contributed by atoms with Crippen molar-refractivity contribution >= 4 is 5.91 Å². The van der Waals surface area contributed by atoms with Crippen LogP contribution in [-0.2, 0) is 11.3 Å². The molecule has 1 heterocycles. The van der Waals surface area contributed by atoms with Crippen LogP contribution >= 0.6 is 0 Å². The Morgan fingerprint density at radius 3 is 2.42 bits per heavy atom. The van der Waals surface area contributed by atoms with Crippen LogP contribution in [0.3, 0.4) is 0 Å². The Labute approximate surface area is 154 Å². The summed E-state index contributed by atoms with van der Waals surface area (Å²) in [7, 11) is 1.64. The Morgan fingerprint density at radius 1 is 1.04 bits per heavy atom. The second-order valence-corrected chi connectivity index (χ2v) is 6.35. The van der Waals surface area contributed by atoms with E-state index in [0.717, 1.165) is 16.9 Å². The summed E-state index contributed by atoms with van der Waals surface area (Å²) in [5.41, 5.74) is 3.30. The van der Waals surface area contributed by atoms with Crippen molar-refractivity contribution in [3.63, 3.8) is 0 Å². The van der Waals surface area contributed by atoms with Crippen molar-refractivity contribution in [2.45, 2.75) is 25.9 Å². The van der Waals surface area contributed by atoms with Crippen LogP contribution in [0.2, 0.25) is 0 Å². The van der Waals surface area contributed by atoms with Gasteiger partial charge in [-0.15, -0.1) is 0 Å². The lowest BCUT2D eigenvalue weighted by Gasteiger charge is -2.20. The molecular weight excluding hydrogens is 324 g/mol. The van der Waals surface area contributed by atoms with E-state index in [1.54, 1.807) is 7.11 Å². The van der Waals surface area contributed by atoms with Crippen LogP contribution in [-0.4, -0.2) is 17.6 Å². The minimum absolute atomic E-state index is 0.00943. The number of rotatable bonds is 7. The van der Waals surface area contributed by atoms with Gasteiger partial charge in [0.15, 0.2) is 0 Å². The maximum atomic E-state index is 12.6. The fraction of sp³-hybridized carbons (Fsp3) is 0.227. The second kappa shape index (κ2) is 8.39. The Kier molecular flexibility index (Phi) is 5.74. The lowest BCUT2D eigenvalue weighted by Crippen LogP contribution is -2.26. The molecule has 0 unspecified atom stereocenters. The summed E-state index contributed by atoms with van der Waals surface area (Å²) in [6, 6.07) is 20.0. The maximum Gasteiger partial charge on any atom is 0.222 e. The smallest absolute Gasteiger partial charge is 0.222 e. The molecular formula is C22H24N2O2. The monoisotopic (exact) mass is 348 g/mol. The molecule has 4 heteroatoms. The van der Waals surface area contributed by atoms with Gasteiger partial charge in [-0.05, 0) is 30.7 Å². The van der Waals surface area contributed by atoms with Crippen LogP contribution in [0.1, 0.15) is 29.2 Å². The quantitative estimate of drug-likeness (QED) is 0.698. The second-order valence-electron chi connectivity index (χ2n) is 6.35. The van der Waals surface area contributed by atoms with Gasteiger partial charge in [-0.2, -0.15) is 0 Å². The van der Waals surface area contributed by atoms with E-state index in [1.807, 2.05) is 48.8 Å². The van der Waals surface area contributed by atoms with Crippen LogP contribution in [0, 0.1) is 6.92 Å². The number of para-hydroxylation sites is 1. The predicted molar refractivity (Wildman–Crippen MR) is 103 cm³/mol. The molecule has 1 atom stereocenters. The van der Waals surface area contributed by atoms with Crippen molar-refractivity contribution in [1.29, 1.82) is 0 Å². The molecule has 26 heavy (non-hydrogen) atoms. The van der Waals surface area contributed by atoms with Gasteiger partial charge in [-0.25, -0.2) is 0 Å². The molecule has 134 valence electrons. The largest absolute Gasteiger partial charge is 0.496 e.